The molecule has 1 heterocycles. The first-order valence-electron chi connectivity index (χ1n) is 5.09. The van der Waals surface area contributed by atoms with Gasteiger partial charge < -0.3 is 10.6 Å². The van der Waals surface area contributed by atoms with Crippen LogP contribution in [0.5, 0.6) is 0 Å². The molecular formula is C9H19N5. The molecule has 0 aliphatic heterocycles. The smallest absolute Gasteiger partial charge is 0.137 e. The molecule has 0 bridgehead atoms. The van der Waals surface area contributed by atoms with E-state index in [0.717, 1.165) is 26.2 Å². The first-order valence-corrected chi connectivity index (χ1v) is 5.09. The summed E-state index contributed by atoms with van der Waals surface area (Å²) in [5, 5.41) is 10.7. The predicted molar refractivity (Wildman–Crippen MR) is 56.0 cm³/mol. The molecule has 1 unspecified atom stereocenters. The molecule has 0 radical (unpaired) electrons. The van der Waals surface area contributed by atoms with Gasteiger partial charge in [-0.05, 0) is 13.5 Å². The van der Waals surface area contributed by atoms with Crippen molar-refractivity contribution in [2.45, 2.75) is 26.4 Å². The summed E-state index contributed by atoms with van der Waals surface area (Å²) in [4.78, 5) is 3.88. The molecule has 1 aromatic rings. The van der Waals surface area contributed by atoms with Crippen molar-refractivity contribution in [3.05, 3.63) is 12.7 Å². The lowest BCUT2D eigenvalue weighted by Crippen LogP contribution is -2.37. The van der Waals surface area contributed by atoms with Crippen molar-refractivity contribution in [1.82, 2.24) is 25.4 Å². The molecule has 1 aromatic heterocycles. The van der Waals surface area contributed by atoms with E-state index in [2.05, 4.69) is 34.6 Å². The second-order valence-electron chi connectivity index (χ2n) is 3.32. The van der Waals surface area contributed by atoms with Gasteiger partial charge >= 0.3 is 0 Å². The highest BCUT2D eigenvalue weighted by atomic mass is 15.3. The van der Waals surface area contributed by atoms with E-state index in [9.17, 15) is 0 Å². The maximum Gasteiger partial charge on any atom is 0.137 e. The zero-order valence-electron chi connectivity index (χ0n) is 8.90. The van der Waals surface area contributed by atoms with Crippen molar-refractivity contribution >= 4 is 0 Å². The van der Waals surface area contributed by atoms with Crippen LogP contribution in [0.1, 0.15) is 13.8 Å². The minimum Gasteiger partial charge on any atom is -0.315 e. The van der Waals surface area contributed by atoms with E-state index in [4.69, 9.17) is 0 Å². The van der Waals surface area contributed by atoms with E-state index >= 15 is 0 Å². The van der Waals surface area contributed by atoms with Crippen LogP contribution in [0.25, 0.3) is 0 Å². The van der Waals surface area contributed by atoms with Gasteiger partial charge in [0.2, 0.25) is 0 Å². The van der Waals surface area contributed by atoms with E-state index in [1.54, 1.807) is 12.7 Å². The van der Waals surface area contributed by atoms with Crippen molar-refractivity contribution in [2.75, 3.05) is 19.6 Å². The van der Waals surface area contributed by atoms with Gasteiger partial charge in [0, 0.05) is 19.1 Å². The Morgan fingerprint density at radius 1 is 1.50 bits per heavy atom. The van der Waals surface area contributed by atoms with Crippen LogP contribution in [0.2, 0.25) is 0 Å². The number of aromatic nitrogens is 3. The molecule has 14 heavy (non-hydrogen) atoms. The zero-order valence-corrected chi connectivity index (χ0v) is 8.90. The van der Waals surface area contributed by atoms with E-state index < -0.39 is 0 Å². The van der Waals surface area contributed by atoms with Crippen LogP contribution < -0.4 is 10.6 Å². The Balaban J connectivity index is 2.03. The summed E-state index contributed by atoms with van der Waals surface area (Å²) in [5.74, 6) is 0. The number of hydrogen-bond donors (Lipinski definition) is 2. The van der Waals surface area contributed by atoms with Gasteiger partial charge in [-0.2, -0.15) is 5.10 Å². The number of rotatable bonds is 7. The molecule has 0 spiro atoms. The first kappa shape index (κ1) is 11.1. The highest BCUT2D eigenvalue weighted by Crippen LogP contribution is 1.81. The van der Waals surface area contributed by atoms with Crippen molar-refractivity contribution in [3.63, 3.8) is 0 Å². The molecule has 1 atom stereocenters. The van der Waals surface area contributed by atoms with Gasteiger partial charge in [-0.3, -0.25) is 4.68 Å². The molecule has 0 aliphatic carbocycles. The Morgan fingerprint density at radius 3 is 3.00 bits per heavy atom. The number of nitrogens with zero attached hydrogens (tertiary/aromatic N) is 3. The minimum atomic E-state index is 0.499. The lowest BCUT2D eigenvalue weighted by atomic mass is 10.3. The van der Waals surface area contributed by atoms with Gasteiger partial charge in [-0.25, -0.2) is 4.98 Å². The lowest BCUT2D eigenvalue weighted by Gasteiger charge is -2.13. The minimum absolute atomic E-state index is 0.499. The van der Waals surface area contributed by atoms with E-state index in [1.807, 2.05) is 4.68 Å². The summed E-state index contributed by atoms with van der Waals surface area (Å²) in [7, 11) is 0. The largest absolute Gasteiger partial charge is 0.315 e. The quantitative estimate of drug-likeness (QED) is 0.639. The second kappa shape index (κ2) is 6.50. The second-order valence-corrected chi connectivity index (χ2v) is 3.32. The molecule has 0 amide bonds. The normalized spacial score (nSPS) is 13.0. The number of nitrogens with one attached hydrogen (secondary N) is 2. The molecule has 5 nitrogen and oxygen atoms in total. The highest BCUT2D eigenvalue weighted by molar-refractivity contribution is 4.64. The third-order valence-electron chi connectivity index (χ3n) is 2.00. The summed E-state index contributed by atoms with van der Waals surface area (Å²) in [6, 6.07) is 0.499. The molecule has 0 saturated carbocycles. The molecule has 0 fully saturated rings. The van der Waals surface area contributed by atoms with Crippen molar-refractivity contribution in [3.8, 4) is 0 Å². The van der Waals surface area contributed by atoms with Gasteiger partial charge in [0.25, 0.3) is 0 Å². The molecule has 0 saturated heterocycles. The Bertz CT molecular complexity index is 221. The van der Waals surface area contributed by atoms with Crippen LogP contribution >= 0.6 is 0 Å². The lowest BCUT2D eigenvalue weighted by molar-refractivity contribution is 0.474. The summed E-state index contributed by atoms with van der Waals surface area (Å²) < 4.78 is 1.83. The standard InChI is InChI=1S/C9H19N5/c1-3-10-6-9(2)12-4-5-14-8-11-7-13-14/h7-10,12H,3-6H2,1-2H3. The van der Waals surface area contributed by atoms with Crippen LogP contribution in [0.3, 0.4) is 0 Å². The van der Waals surface area contributed by atoms with Crippen LogP contribution in [0.4, 0.5) is 0 Å². The summed E-state index contributed by atoms with van der Waals surface area (Å²) in [6.07, 6.45) is 3.29. The van der Waals surface area contributed by atoms with E-state index in [1.165, 1.54) is 0 Å². The predicted octanol–water partition coefficient (Wildman–Crippen LogP) is -0.134. The average Bonchev–Trinajstić information content (AvgIpc) is 2.67. The molecule has 5 heteroatoms. The van der Waals surface area contributed by atoms with Gasteiger partial charge in [0.15, 0.2) is 0 Å². The average molecular weight is 197 g/mol. The van der Waals surface area contributed by atoms with Gasteiger partial charge in [-0.1, -0.05) is 6.92 Å². The van der Waals surface area contributed by atoms with Gasteiger partial charge in [0.1, 0.15) is 12.7 Å². The third kappa shape index (κ3) is 4.34. The summed E-state index contributed by atoms with van der Waals surface area (Å²) >= 11 is 0. The monoisotopic (exact) mass is 197 g/mol. The van der Waals surface area contributed by atoms with Gasteiger partial charge in [-0.15, -0.1) is 0 Å². The molecule has 80 valence electrons. The fourth-order valence-electron chi connectivity index (χ4n) is 1.21. The highest BCUT2D eigenvalue weighted by Gasteiger charge is 1.99. The van der Waals surface area contributed by atoms with Crippen LogP contribution in [-0.4, -0.2) is 40.4 Å². The molecule has 0 aromatic carbocycles. The zero-order chi connectivity index (χ0) is 10.2. The van der Waals surface area contributed by atoms with E-state index in [0.29, 0.717) is 6.04 Å². The maximum atomic E-state index is 4.03. The maximum absolute atomic E-state index is 4.03. The SMILES string of the molecule is CCNCC(C)NCCn1cncn1. The topological polar surface area (TPSA) is 54.8 Å². The molecule has 2 N–H and O–H groups in total. The number of hydrogen-bond acceptors (Lipinski definition) is 4. The Hall–Kier alpha value is -0.940. The van der Waals surface area contributed by atoms with Crippen LogP contribution in [0, 0.1) is 0 Å². The Labute approximate surface area is 84.9 Å². The fraction of sp³-hybridized carbons (Fsp3) is 0.778. The van der Waals surface area contributed by atoms with Crippen LogP contribution in [-0.2, 0) is 6.54 Å². The molecular weight excluding hydrogens is 178 g/mol. The van der Waals surface area contributed by atoms with Crippen molar-refractivity contribution in [1.29, 1.82) is 0 Å². The van der Waals surface area contributed by atoms with Gasteiger partial charge in [0.05, 0.1) is 6.54 Å². The third-order valence-corrected chi connectivity index (χ3v) is 2.00. The molecule has 1 rings (SSSR count). The van der Waals surface area contributed by atoms with E-state index in [-0.39, 0.29) is 0 Å². The summed E-state index contributed by atoms with van der Waals surface area (Å²) in [6.45, 7) is 8.11. The fourth-order valence-corrected chi connectivity index (χ4v) is 1.21. The van der Waals surface area contributed by atoms with Crippen molar-refractivity contribution in [2.24, 2.45) is 0 Å². The van der Waals surface area contributed by atoms with Crippen molar-refractivity contribution < 1.29 is 0 Å². The number of likely N-dealkylation sites (N-methyl/N-ethyl adjacent to an activating group) is 1. The Kier molecular flexibility index (Phi) is 5.17. The molecule has 0 aliphatic rings. The first-order chi connectivity index (χ1) is 6.83. The summed E-state index contributed by atoms with van der Waals surface area (Å²) in [5.41, 5.74) is 0. The Morgan fingerprint density at radius 2 is 2.36 bits per heavy atom. The van der Waals surface area contributed by atoms with Crippen LogP contribution in [0.15, 0.2) is 12.7 Å².